The van der Waals surface area contributed by atoms with Gasteiger partial charge in [-0.3, -0.25) is 14.3 Å². The average Bonchev–Trinajstić information content (AvgIpc) is 2.93. The third-order valence-electron chi connectivity index (χ3n) is 5.29. The van der Waals surface area contributed by atoms with E-state index in [9.17, 15) is 23.1 Å². The van der Waals surface area contributed by atoms with Crippen molar-refractivity contribution in [2.45, 2.75) is 49.5 Å². The number of carboxylic acid groups (broad SMARTS) is 1. The summed E-state index contributed by atoms with van der Waals surface area (Å²) >= 11 is 0. The van der Waals surface area contributed by atoms with Crippen molar-refractivity contribution in [1.82, 2.24) is 15.0 Å². The van der Waals surface area contributed by atoms with Crippen LogP contribution in [0.5, 0.6) is 0 Å². The van der Waals surface area contributed by atoms with E-state index >= 15 is 0 Å². The number of sulfone groups is 1. The molecule has 3 rings (SSSR count). The normalized spacial score (nSPS) is 34.7. The highest BCUT2D eigenvalue weighted by Gasteiger charge is 2.71. The van der Waals surface area contributed by atoms with Crippen molar-refractivity contribution in [3.63, 3.8) is 0 Å². The van der Waals surface area contributed by atoms with E-state index in [1.165, 1.54) is 11.6 Å². The largest absolute Gasteiger partial charge is 0.481 e. The number of carbonyl (C=O) groups is 2. The van der Waals surface area contributed by atoms with E-state index in [-0.39, 0.29) is 18.7 Å². The van der Waals surface area contributed by atoms with Crippen molar-refractivity contribution < 1.29 is 23.1 Å². The number of nitrogens with zero attached hydrogens (tertiary/aromatic N) is 3. The Morgan fingerprint density at radius 2 is 2.08 bits per heavy atom. The third kappa shape index (κ3) is 2.19. The van der Waals surface area contributed by atoms with Crippen LogP contribution in [-0.4, -0.2) is 58.3 Å². The molecular formula is C14H21N3O5SSi. The molecule has 0 spiro atoms. The summed E-state index contributed by atoms with van der Waals surface area (Å²) < 4.78 is 25.6. The molecule has 1 N–H and O–H groups in total. The van der Waals surface area contributed by atoms with Crippen molar-refractivity contribution in [3.05, 3.63) is 6.20 Å². The topological polar surface area (TPSA) is 119 Å². The summed E-state index contributed by atoms with van der Waals surface area (Å²) in [6.07, 6.45) is 1.62. The Balaban J connectivity index is 2.02. The zero-order valence-electron chi connectivity index (χ0n) is 14.1. The Hall–Kier alpha value is -1.55. The van der Waals surface area contributed by atoms with E-state index < -0.39 is 45.7 Å². The lowest BCUT2D eigenvalue weighted by Gasteiger charge is -2.29. The van der Waals surface area contributed by atoms with E-state index in [0.717, 1.165) is 5.32 Å². The SMILES string of the molecule is C[C@]1(Cn2cc([Si](C)(C)C)nn2)[C@H](C(=O)O)C2C(=O)CC2S1(=O)=O. The molecule has 4 atom stereocenters. The molecule has 1 aliphatic heterocycles. The second-order valence-electron chi connectivity index (χ2n) is 7.96. The van der Waals surface area contributed by atoms with Gasteiger partial charge in [0.2, 0.25) is 0 Å². The Morgan fingerprint density at radius 3 is 2.54 bits per heavy atom. The molecule has 132 valence electrons. The molecule has 2 fully saturated rings. The van der Waals surface area contributed by atoms with Crippen molar-refractivity contribution in [3.8, 4) is 0 Å². The van der Waals surface area contributed by atoms with E-state index in [1.54, 1.807) is 6.20 Å². The molecular weight excluding hydrogens is 350 g/mol. The molecule has 2 aliphatic rings. The fourth-order valence-electron chi connectivity index (χ4n) is 3.76. The summed E-state index contributed by atoms with van der Waals surface area (Å²) in [5.74, 6) is -3.70. The summed E-state index contributed by atoms with van der Waals surface area (Å²) in [5, 5.41) is 17.6. The first kappa shape index (κ1) is 17.3. The molecule has 8 nitrogen and oxygen atoms in total. The molecule has 1 aliphatic carbocycles. The number of Topliss-reactive ketones (excluding diaryl/α,β-unsaturated/α-hetero) is 1. The van der Waals surface area contributed by atoms with Gasteiger partial charge in [0.15, 0.2) is 9.84 Å². The Bertz CT molecular complexity index is 828. The average molecular weight is 371 g/mol. The van der Waals surface area contributed by atoms with Gasteiger partial charge in [0.25, 0.3) is 0 Å². The second kappa shape index (κ2) is 4.98. The predicted octanol–water partition coefficient (Wildman–Crippen LogP) is -0.331. The predicted molar refractivity (Wildman–Crippen MR) is 88.4 cm³/mol. The second-order valence-corrected chi connectivity index (χ2v) is 15.6. The van der Waals surface area contributed by atoms with Crippen LogP contribution in [0, 0.1) is 11.8 Å². The number of ketones is 1. The molecule has 1 aromatic heterocycles. The van der Waals surface area contributed by atoms with Crippen molar-refractivity contribution >= 4 is 35.0 Å². The molecule has 2 heterocycles. The van der Waals surface area contributed by atoms with Crippen LogP contribution >= 0.6 is 0 Å². The molecule has 2 unspecified atom stereocenters. The molecule has 0 aromatic carbocycles. The van der Waals surface area contributed by atoms with Crippen LogP contribution in [0.1, 0.15) is 13.3 Å². The number of rotatable bonds is 4. The van der Waals surface area contributed by atoms with Crippen molar-refractivity contribution in [2.75, 3.05) is 0 Å². The van der Waals surface area contributed by atoms with Crippen LogP contribution < -0.4 is 5.32 Å². The van der Waals surface area contributed by atoms with Crippen LogP contribution in [0.4, 0.5) is 0 Å². The fourth-order valence-corrected chi connectivity index (χ4v) is 7.32. The first-order valence-electron chi connectivity index (χ1n) is 7.79. The first-order valence-corrected chi connectivity index (χ1v) is 12.8. The number of aromatic nitrogens is 3. The van der Waals surface area contributed by atoms with Gasteiger partial charge in [0.05, 0.1) is 23.0 Å². The standard InChI is InChI=1S/C14H21N3O5SSi/c1-14(7-17-6-10(15-16-17)24(2,3)4)12(13(19)20)11-8(18)5-9(11)23(14,21)22/h6,9,11-12H,5,7H2,1-4H3,(H,19,20)/t9?,11?,12-,14-/m0/s1. The number of aliphatic carboxylic acids is 1. The van der Waals surface area contributed by atoms with Gasteiger partial charge >= 0.3 is 5.97 Å². The summed E-state index contributed by atoms with van der Waals surface area (Å²) in [6.45, 7) is 7.59. The quantitative estimate of drug-likeness (QED) is 0.720. The number of carboxylic acids is 1. The Kier molecular flexibility index (Phi) is 3.58. The molecule has 1 saturated heterocycles. The highest BCUT2D eigenvalue weighted by Crippen LogP contribution is 2.54. The minimum Gasteiger partial charge on any atom is -0.481 e. The summed E-state index contributed by atoms with van der Waals surface area (Å²) in [4.78, 5) is 23.6. The molecule has 10 heteroatoms. The van der Waals surface area contributed by atoms with E-state index in [4.69, 9.17) is 0 Å². The van der Waals surface area contributed by atoms with Crippen LogP contribution in [-0.2, 0) is 26.0 Å². The highest BCUT2D eigenvalue weighted by molar-refractivity contribution is 7.94. The van der Waals surface area contributed by atoms with Gasteiger partial charge in [-0.2, -0.15) is 0 Å². The highest BCUT2D eigenvalue weighted by atomic mass is 32.2. The monoisotopic (exact) mass is 371 g/mol. The smallest absolute Gasteiger partial charge is 0.308 e. The van der Waals surface area contributed by atoms with E-state index in [0.29, 0.717) is 0 Å². The maximum Gasteiger partial charge on any atom is 0.308 e. The van der Waals surface area contributed by atoms with E-state index in [2.05, 4.69) is 30.0 Å². The van der Waals surface area contributed by atoms with Crippen LogP contribution in [0.15, 0.2) is 6.20 Å². The Labute approximate surface area is 141 Å². The number of carbonyl (C=O) groups excluding carboxylic acids is 1. The zero-order valence-corrected chi connectivity index (χ0v) is 15.9. The van der Waals surface area contributed by atoms with Gasteiger partial charge in [-0.1, -0.05) is 24.9 Å². The number of fused-ring (bicyclic) bond motifs is 1. The van der Waals surface area contributed by atoms with Gasteiger partial charge < -0.3 is 5.11 Å². The molecule has 0 radical (unpaired) electrons. The maximum absolute atomic E-state index is 12.9. The molecule has 24 heavy (non-hydrogen) atoms. The fraction of sp³-hybridized carbons (Fsp3) is 0.714. The minimum atomic E-state index is -3.76. The van der Waals surface area contributed by atoms with Crippen molar-refractivity contribution in [1.29, 1.82) is 0 Å². The number of hydrogen-bond acceptors (Lipinski definition) is 6. The van der Waals surface area contributed by atoms with Gasteiger partial charge in [0.1, 0.15) is 18.6 Å². The Morgan fingerprint density at radius 1 is 1.46 bits per heavy atom. The molecule has 1 aromatic rings. The molecule has 1 saturated carbocycles. The first-order chi connectivity index (χ1) is 10.9. The molecule has 0 bridgehead atoms. The zero-order chi connectivity index (χ0) is 18.1. The molecule has 0 amide bonds. The van der Waals surface area contributed by atoms with Gasteiger partial charge in [-0.05, 0) is 6.92 Å². The number of hydrogen-bond donors (Lipinski definition) is 1. The lowest BCUT2D eigenvalue weighted by atomic mass is 9.70. The third-order valence-corrected chi connectivity index (χ3v) is 10.00. The van der Waals surface area contributed by atoms with Gasteiger partial charge in [-0.15, -0.1) is 5.10 Å². The van der Waals surface area contributed by atoms with Gasteiger partial charge in [0, 0.05) is 18.5 Å². The van der Waals surface area contributed by atoms with Crippen LogP contribution in [0.25, 0.3) is 0 Å². The van der Waals surface area contributed by atoms with Crippen LogP contribution in [0.3, 0.4) is 0 Å². The minimum absolute atomic E-state index is 0.0795. The summed E-state index contributed by atoms with van der Waals surface area (Å²) in [6, 6.07) is 0. The summed E-state index contributed by atoms with van der Waals surface area (Å²) in [7, 11) is -5.47. The van der Waals surface area contributed by atoms with Crippen LogP contribution in [0.2, 0.25) is 19.6 Å². The maximum atomic E-state index is 12.9. The lowest BCUT2D eigenvalue weighted by molar-refractivity contribution is -0.150. The van der Waals surface area contributed by atoms with Gasteiger partial charge in [-0.25, -0.2) is 8.42 Å². The van der Waals surface area contributed by atoms with E-state index in [1.807, 2.05) is 0 Å². The summed E-state index contributed by atoms with van der Waals surface area (Å²) in [5.41, 5.74) is 0. The lowest BCUT2D eigenvalue weighted by Crippen LogP contribution is -2.47. The van der Waals surface area contributed by atoms with Crippen molar-refractivity contribution in [2.24, 2.45) is 11.8 Å².